The quantitative estimate of drug-likeness (QED) is 0.349. The lowest BCUT2D eigenvalue weighted by molar-refractivity contribution is -0.132. The van der Waals surface area contributed by atoms with Crippen molar-refractivity contribution < 1.29 is 25.2 Å². The van der Waals surface area contributed by atoms with Gasteiger partial charge >= 0.3 is 0 Å². The van der Waals surface area contributed by atoms with Gasteiger partial charge in [0, 0.05) is 0 Å². The number of aldehydes is 1. The van der Waals surface area contributed by atoms with Crippen LogP contribution in [0.2, 0.25) is 0 Å². The highest BCUT2D eigenvalue weighted by molar-refractivity contribution is 5.56. The van der Waals surface area contributed by atoms with Gasteiger partial charge in [-0.3, -0.25) is 0 Å². The van der Waals surface area contributed by atoms with E-state index in [0.29, 0.717) is 0 Å². The Hall–Kier alpha value is -0.490. The van der Waals surface area contributed by atoms with E-state index in [-0.39, 0.29) is 6.29 Å². The maximum absolute atomic E-state index is 9.87. The fourth-order valence-corrected chi connectivity index (χ4v) is 0.568. The van der Waals surface area contributed by atoms with Gasteiger partial charge in [-0.25, -0.2) is 0 Å². The smallest absolute Gasteiger partial charge is 0.151 e. The molecule has 0 fully saturated rings. The molecule has 0 aliphatic heterocycles. The predicted molar refractivity (Wildman–Crippen MR) is 35.8 cm³/mol. The molecule has 0 aromatic heterocycles. The summed E-state index contributed by atoms with van der Waals surface area (Å²) < 4.78 is 0. The monoisotopic (exact) mass is 164 g/mol. The van der Waals surface area contributed by atoms with E-state index in [1.165, 1.54) is 6.92 Å². The molecular formula is C6H12O5. The summed E-state index contributed by atoms with van der Waals surface area (Å²) in [5.41, 5.74) is 0. The lowest BCUT2D eigenvalue weighted by Gasteiger charge is -2.21. The van der Waals surface area contributed by atoms with Gasteiger partial charge in [-0.05, 0) is 6.92 Å². The summed E-state index contributed by atoms with van der Waals surface area (Å²) in [7, 11) is 0. The number of aliphatic hydroxyl groups excluding tert-OH is 4. The fraction of sp³-hybridized carbons (Fsp3) is 0.833. The lowest BCUT2D eigenvalue weighted by Crippen LogP contribution is -2.43. The molecule has 0 rings (SSSR count). The predicted octanol–water partition coefficient (Wildman–Crippen LogP) is -2.35. The maximum Gasteiger partial charge on any atom is 0.151 e. The van der Waals surface area contributed by atoms with E-state index in [1.807, 2.05) is 0 Å². The second kappa shape index (κ2) is 4.40. The molecule has 4 unspecified atom stereocenters. The SMILES string of the molecule is CC(O)C(O)C(O)C(O)C=O. The molecule has 5 nitrogen and oxygen atoms in total. The topological polar surface area (TPSA) is 98.0 Å². The highest BCUT2D eigenvalue weighted by Crippen LogP contribution is 2.02. The van der Waals surface area contributed by atoms with Crippen LogP contribution >= 0.6 is 0 Å². The van der Waals surface area contributed by atoms with Crippen LogP contribution in [0.4, 0.5) is 0 Å². The zero-order chi connectivity index (χ0) is 9.02. The molecule has 0 saturated carbocycles. The molecule has 0 aromatic rings. The number of carbonyl (C=O) groups excluding carboxylic acids is 1. The molecule has 11 heavy (non-hydrogen) atoms. The molecule has 0 heterocycles. The minimum Gasteiger partial charge on any atom is -0.391 e. The molecule has 4 atom stereocenters. The van der Waals surface area contributed by atoms with Gasteiger partial charge in [0.2, 0.25) is 0 Å². The zero-order valence-electron chi connectivity index (χ0n) is 6.08. The standard InChI is InChI=1S/C6H12O5/c1-3(8)5(10)6(11)4(9)2-7/h2-6,8-11H,1H3. The van der Waals surface area contributed by atoms with Crippen molar-refractivity contribution in [1.29, 1.82) is 0 Å². The number of hydrogen-bond donors (Lipinski definition) is 4. The van der Waals surface area contributed by atoms with Crippen LogP contribution in [-0.4, -0.2) is 51.1 Å². The molecule has 0 aliphatic rings. The van der Waals surface area contributed by atoms with Crippen LogP contribution in [0.15, 0.2) is 0 Å². The average Bonchev–Trinajstić information content (AvgIpc) is 2.00. The van der Waals surface area contributed by atoms with Gasteiger partial charge < -0.3 is 25.2 Å². The Labute approximate surface area is 63.9 Å². The summed E-state index contributed by atoms with van der Waals surface area (Å²) >= 11 is 0. The molecular weight excluding hydrogens is 152 g/mol. The molecule has 66 valence electrons. The summed E-state index contributed by atoms with van der Waals surface area (Å²) in [4.78, 5) is 9.87. The van der Waals surface area contributed by atoms with Crippen molar-refractivity contribution >= 4 is 6.29 Å². The average molecular weight is 164 g/mol. The number of rotatable bonds is 4. The Bertz CT molecular complexity index is 124. The summed E-state index contributed by atoms with van der Waals surface area (Å²) in [6.07, 6.45) is -5.88. The lowest BCUT2D eigenvalue weighted by atomic mass is 10.1. The van der Waals surface area contributed by atoms with Crippen LogP contribution in [0.25, 0.3) is 0 Å². The summed E-state index contributed by atoms with van der Waals surface area (Å²) in [5, 5.41) is 35.1. The minimum atomic E-state index is -1.65. The van der Waals surface area contributed by atoms with Gasteiger partial charge in [-0.1, -0.05) is 0 Å². The summed E-state index contributed by atoms with van der Waals surface area (Å²) in [5.74, 6) is 0. The van der Waals surface area contributed by atoms with Crippen LogP contribution in [0.1, 0.15) is 6.92 Å². The second-order valence-electron chi connectivity index (χ2n) is 2.35. The van der Waals surface area contributed by atoms with Crippen LogP contribution in [0, 0.1) is 0 Å². The van der Waals surface area contributed by atoms with E-state index >= 15 is 0 Å². The van der Waals surface area contributed by atoms with Gasteiger partial charge in [0.05, 0.1) is 6.10 Å². The fourth-order valence-electron chi connectivity index (χ4n) is 0.568. The normalized spacial score (nSPS) is 21.9. The van der Waals surface area contributed by atoms with Crippen molar-refractivity contribution in [2.75, 3.05) is 0 Å². The van der Waals surface area contributed by atoms with Crippen LogP contribution in [0.3, 0.4) is 0 Å². The number of aliphatic hydroxyl groups is 4. The van der Waals surface area contributed by atoms with Crippen LogP contribution in [0.5, 0.6) is 0 Å². The van der Waals surface area contributed by atoms with Crippen molar-refractivity contribution in [3.8, 4) is 0 Å². The van der Waals surface area contributed by atoms with Crippen molar-refractivity contribution in [2.24, 2.45) is 0 Å². The van der Waals surface area contributed by atoms with Crippen molar-refractivity contribution in [3.05, 3.63) is 0 Å². The van der Waals surface area contributed by atoms with Crippen molar-refractivity contribution in [3.63, 3.8) is 0 Å². The van der Waals surface area contributed by atoms with Crippen LogP contribution < -0.4 is 0 Å². The van der Waals surface area contributed by atoms with E-state index in [0.717, 1.165) is 0 Å². The highest BCUT2D eigenvalue weighted by atomic mass is 16.4. The third kappa shape index (κ3) is 2.94. The highest BCUT2D eigenvalue weighted by Gasteiger charge is 2.27. The molecule has 0 bridgehead atoms. The largest absolute Gasteiger partial charge is 0.391 e. The molecule has 0 radical (unpaired) electrons. The van der Waals surface area contributed by atoms with Gasteiger partial charge in [0.1, 0.15) is 18.3 Å². The Kier molecular flexibility index (Phi) is 4.20. The summed E-state index contributed by atoms with van der Waals surface area (Å²) in [6, 6.07) is 0. The van der Waals surface area contributed by atoms with E-state index in [1.54, 1.807) is 0 Å². The Balaban J connectivity index is 4.00. The van der Waals surface area contributed by atoms with E-state index in [4.69, 9.17) is 20.4 Å². The zero-order valence-corrected chi connectivity index (χ0v) is 6.08. The van der Waals surface area contributed by atoms with Crippen molar-refractivity contribution in [2.45, 2.75) is 31.3 Å². The maximum atomic E-state index is 9.87. The first-order valence-corrected chi connectivity index (χ1v) is 3.18. The molecule has 0 aliphatic carbocycles. The van der Waals surface area contributed by atoms with Gasteiger partial charge in [-0.2, -0.15) is 0 Å². The third-order valence-electron chi connectivity index (χ3n) is 1.33. The molecule has 5 heteroatoms. The number of carbonyl (C=O) groups is 1. The Morgan fingerprint density at radius 1 is 1.09 bits per heavy atom. The van der Waals surface area contributed by atoms with Crippen LogP contribution in [-0.2, 0) is 4.79 Å². The molecule has 4 N–H and O–H groups in total. The van der Waals surface area contributed by atoms with E-state index < -0.39 is 24.4 Å². The molecule has 0 amide bonds. The first-order valence-electron chi connectivity index (χ1n) is 3.18. The van der Waals surface area contributed by atoms with Gasteiger partial charge in [0.15, 0.2) is 6.29 Å². The number of hydrogen-bond acceptors (Lipinski definition) is 5. The van der Waals surface area contributed by atoms with Gasteiger partial charge in [0.25, 0.3) is 0 Å². The first kappa shape index (κ1) is 10.5. The molecule has 0 aromatic carbocycles. The van der Waals surface area contributed by atoms with E-state index in [9.17, 15) is 4.79 Å². The van der Waals surface area contributed by atoms with Gasteiger partial charge in [-0.15, -0.1) is 0 Å². The molecule has 0 spiro atoms. The van der Waals surface area contributed by atoms with E-state index in [2.05, 4.69) is 0 Å². The summed E-state index contributed by atoms with van der Waals surface area (Å²) in [6.45, 7) is 1.24. The minimum absolute atomic E-state index is 0.0935. The van der Waals surface area contributed by atoms with Crippen molar-refractivity contribution in [1.82, 2.24) is 0 Å². The Morgan fingerprint density at radius 2 is 1.55 bits per heavy atom. The third-order valence-corrected chi connectivity index (χ3v) is 1.33. The second-order valence-corrected chi connectivity index (χ2v) is 2.35. The molecule has 0 saturated heterocycles. The first-order chi connectivity index (χ1) is 5.00. The Morgan fingerprint density at radius 3 is 1.82 bits per heavy atom.